The van der Waals surface area contributed by atoms with E-state index in [9.17, 15) is 0 Å². The topological polar surface area (TPSA) is 84.0 Å². The second kappa shape index (κ2) is 21.2. The average molecular weight is 1260 g/mol. The first-order valence-corrected chi connectivity index (χ1v) is 28.6. The summed E-state index contributed by atoms with van der Waals surface area (Å²) in [7, 11) is 0. The summed E-state index contributed by atoms with van der Waals surface area (Å²) in [6.07, 6.45) is 0. The van der Waals surface area contributed by atoms with Crippen molar-refractivity contribution in [1.29, 1.82) is 0 Å². The van der Waals surface area contributed by atoms with Crippen molar-refractivity contribution in [3.05, 3.63) is 222 Å². The van der Waals surface area contributed by atoms with Gasteiger partial charge in [-0.15, -0.1) is 23.8 Å². The van der Waals surface area contributed by atoms with E-state index in [2.05, 4.69) is 222 Å². The Morgan fingerprint density at radius 1 is 0.434 bits per heavy atom. The molecule has 9 heteroatoms. The van der Waals surface area contributed by atoms with Gasteiger partial charge < -0.3 is 22.7 Å². The van der Waals surface area contributed by atoms with E-state index in [1.807, 2.05) is 43.3 Å². The molecule has 5 aromatic heterocycles. The first-order valence-electron chi connectivity index (χ1n) is 28.6. The van der Waals surface area contributed by atoms with Crippen molar-refractivity contribution in [2.45, 2.75) is 86.0 Å². The largest absolute Gasteiger partial charge is 2.00 e. The zero-order chi connectivity index (χ0) is 56.1. The Bertz CT molecular complexity index is 4750. The fourth-order valence-electron chi connectivity index (χ4n) is 12.2. The molecule has 0 N–H and O–H groups in total. The molecule has 14 aromatic rings. The molecule has 0 aliphatic rings. The molecule has 0 saturated heterocycles. The van der Waals surface area contributed by atoms with Crippen LogP contribution in [0.5, 0.6) is 11.5 Å². The van der Waals surface area contributed by atoms with Crippen molar-refractivity contribution in [2.75, 3.05) is 0 Å². The van der Waals surface area contributed by atoms with E-state index in [4.69, 9.17) is 28.5 Å². The Balaban J connectivity index is 0.00000645. The van der Waals surface area contributed by atoms with Crippen molar-refractivity contribution in [2.24, 2.45) is 0 Å². The van der Waals surface area contributed by atoms with E-state index in [0.717, 1.165) is 72.1 Å². The quantitative estimate of drug-likeness (QED) is 0.113. The van der Waals surface area contributed by atoms with E-state index in [1.165, 1.54) is 44.5 Å². The average Bonchev–Trinajstić information content (AvgIpc) is 4.13. The van der Waals surface area contributed by atoms with Gasteiger partial charge in [0.05, 0.1) is 39.3 Å². The molecule has 5 heterocycles. The van der Waals surface area contributed by atoms with Gasteiger partial charge in [-0.25, -0.2) is 4.98 Å². The summed E-state index contributed by atoms with van der Waals surface area (Å²) in [5.74, 6) is 3.17. The Morgan fingerprint density at radius 2 is 0.928 bits per heavy atom. The number of ether oxygens (including phenoxy) is 1. The Labute approximate surface area is 497 Å². The molecule has 83 heavy (non-hydrogen) atoms. The number of aromatic nitrogens is 5. The van der Waals surface area contributed by atoms with Gasteiger partial charge >= 0.3 is 21.1 Å². The van der Waals surface area contributed by atoms with Gasteiger partial charge in [0.2, 0.25) is 5.71 Å². The molecule has 0 atom stereocenters. The zero-order valence-electron chi connectivity index (χ0n) is 47.9. The van der Waals surface area contributed by atoms with Gasteiger partial charge in [-0.2, -0.15) is 0 Å². The first-order chi connectivity index (χ1) is 39.9. The minimum atomic E-state index is 0. The summed E-state index contributed by atoms with van der Waals surface area (Å²) in [6, 6.07) is 71.3. The number of hydrogen-bond donors (Lipinski definition) is 0. The van der Waals surface area contributed by atoms with Crippen molar-refractivity contribution in [3.63, 3.8) is 0 Å². The number of furan rings is 2. The van der Waals surface area contributed by atoms with Crippen LogP contribution in [0.1, 0.15) is 107 Å². The van der Waals surface area contributed by atoms with E-state index in [-0.39, 0.29) is 44.7 Å². The normalized spacial score (nSPS) is 12.0. The molecule has 410 valence electrons. The molecule has 0 unspecified atom stereocenters. The predicted molar refractivity (Wildman–Crippen MR) is 335 cm³/mol. The van der Waals surface area contributed by atoms with Crippen LogP contribution in [0.4, 0.5) is 0 Å². The van der Waals surface area contributed by atoms with Gasteiger partial charge in [0.25, 0.3) is 0 Å². The standard InChI is InChI=1S/C74H61N5O3.Pt/c1-42(2)55-36-50(47-21-12-10-13-22-47)37-56(43(3)4)69(55)78-63-29-18-16-27-61(63)76-72(78)49-25-20-26-52(35-49)80-53-40-59-68-65(33-34-66-67(68)54-32-31-46(9)75-74(54)82-66)81-71(59)60(41-53)73-77-62-28-17-19-30-64(62)79(73)70-57(44(5)6)38-51(39-58(70)45(7)8)48-23-14-11-15-24-48;/h10-34,36-40,42-45H,1-9H3;/q-2;+2. The smallest absolute Gasteiger partial charge is 0.501 e. The number of imidazole rings is 2. The molecule has 0 amide bonds. The van der Waals surface area contributed by atoms with Crippen molar-refractivity contribution in [1.82, 2.24) is 24.1 Å². The number of aryl methyl sites for hydroxylation is 1. The van der Waals surface area contributed by atoms with Crippen molar-refractivity contribution >= 4 is 66.1 Å². The third-order valence-electron chi connectivity index (χ3n) is 16.1. The van der Waals surface area contributed by atoms with Crippen LogP contribution in [-0.2, 0) is 21.1 Å². The maximum absolute atomic E-state index is 7.18. The molecule has 9 aromatic carbocycles. The first kappa shape index (κ1) is 53.5. The monoisotopic (exact) mass is 1260 g/mol. The molecular weight excluding hydrogens is 1200 g/mol. The molecule has 0 fully saturated rings. The van der Waals surface area contributed by atoms with Crippen LogP contribution in [0.3, 0.4) is 0 Å². The maximum Gasteiger partial charge on any atom is 2.00 e. The van der Waals surface area contributed by atoms with Crippen LogP contribution < -0.4 is 4.74 Å². The molecule has 0 aliphatic carbocycles. The van der Waals surface area contributed by atoms with Crippen molar-refractivity contribution in [3.8, 4) is 67.9 Å². The van der Waals surface area contributed by atoms with Gasteiger partial charge in [0.15, 0.2) is 0 Å². The van der Waals surface area contributed by atoms with E-state index < -0.39 is 0 Å². The van der Waals surface area contributed by atoms with Crippen LogP contribution >= 0.6 is 0 Å². The Hall–Kier alpha value is -8.84. The van der Waals surface area contributed by atoms with Crippen LogP contribution in [0.2, 0.25) is 0 Å². The number of pyridine rings is 1. The fourth-order valence-corrected chi connectivity index (χ4v) is 12.2. The van der Waals surface area contributed by atoms with Gasteiger partial charge in [-0.1, -0.05) is 169 Å². The van der Waals surface area contributed by atoms with E-state index >= 15 is 0 Å². The summed E-state index contributed by atoms with van der Waals surface area (Å²) in [5, 5.41) is 3.55. The zero-order valence-corrected chi connectivity index (χ0v) is 50.2. The van der Waals surface area contributed by atoms with Gasteiger partial charge in [-0.05, 0) is 148 Å². The molecule has 0 radical (unpaired) electrons. The van der Waals surface area contributed by atoms with Crippen LogP contribution in [-0.4, -0.2) is 24.1 Å². The number of nitrogens with zero attached hydrogens (tertiary/aromatic N) is 5. The van der Waals surface area contributed by atoms with Crippen molar-refractivity contribution < 1.29 is 34.6 Å². The minimum Gasteiger partial charge on any atom is -0.501 e. The summed E-state index contributed by atoms with van der Waals surface area (Å²) in [6.45, 7) is 20.2. The molecule has 0 aliphatic heterocycles. The third-order valence-corrected chi connectivity index (χ3v) is 16.1. The van der Waals surface area contributed by atoms with Crippen LogP contribution in [0.15, 0.2) is 191 Å². The number of rotatable bonds is 12. The molecule has 0 spiro atoms. The fraction of sp³-hybridized carbons (Fsp3) is 0.176. The molecule has 8 nitrogen and oxygen atoms in total. The van der Waals surface area contributed by atoms with E-state index in [1.54, 1.807) is 0 Å². The summed E-state index contributed by atoms with van der Waals surface area (Å²) < 4.78 is 25.5. The minimum absolute atomic E-state index is 0. The molecular formula is C74H61N5O3Pt. The predicted octanol–water partition coefficient (Wildman–Crippen LogP) is 20.4. The Morgan fingerprint density at radius 3 is 1.48 bits per heavy atom. The molecule has 0 bridgehead atoms. The van der Waals surface area contributed by atoms with Gasteiger partial charge in [0.1, 0.15) is 11.2 Å². The summed E-state index contributed by atoms with van der Waals surface area (Å²) >= 11 is 0. The SMILES string of the molecule is Cc1ccc2c(n1)oc1ccc3oc4c(-c5nc6ccccc6n5-c5c(C(C)C)cc(-c6ccccc6)cc5C(C)C)[c-]c(Oc5[c-]c(-c6nc7ccccc7n6-c6c(C(C)C)cc(-c7ccccc7)cc6C(C)C)ccc5)cc4c3c12.[Pt+2]. The summed E-state index contributed by atoms with van der Waals surface area (Å²) in [4.78, 5) is 15.8. The number of fused-ring (bicyclic) bond motifs is 9. The molecule has 14 rings (SSSR count). The third kappa shape index (κ3) is 9.15. The second-order valence-corrected chi connectivity index (χ2v) is 23.0. The van der Waals surface area contributed by atoms with Gasteiger partial charge in [-0.3, -0.25) is 9.97 Å². The number of para-hydroxylation sites is 4. The maximum atomic E-state index is 7.18. The molecule has 0 saturated carbocycles. The van der Waals surface area contributed by atoms with Gasteiger partial charge in [0, 0.05) is 44.7 Å². The van der Waals surface area contributed by atoms with E-state index in [0.29, 0.717) is 45.3 Å². The van der Waals surface area contributed by atoms with Crippen LogP contribution in [0, 0.1) is 19.1 Å². The second-order valence-electron chi connectivity index (χ2n) is 23.0. The van der Waals surface area contributed by atoms with Crippen LogP contribution in [0.25, 0.3) is 122 Å². The number of benzene rings is 9. The summed E-state index contributed by atoms with van der Waals surface area (Å²) in [5.41, 5.74) is 20.6. The number of hydrogen-bond acceptors (Lipinski definition) is 6. The Kier molecular flexibility index (Phi) is 13.6.